The van der Waals surface area contributed by atoms with Gasteiger partial charge in [0.15, 0.2) is 0 Å². The number of halogens is 2. The van der Waals surface area contributed by atoms with Crippen molar-refractivity contribution < 1.29 is 23.1 Å². The lowest BCUT2D eigenvalue weighted by atomic mass is 9.89. The van der Waals surface area contributed by atoms with Crippen molar-refractivity contribution in [2.75, 3.05) is 19.7 Å². The maximum Gasteiger partial charge on any atom is 0.250 e. The number of carbonyl (C=O) groups excluding carboxylic acids is 2. The summed E-state index contributed by atoms with van der Waals surface area (Å²) in [5.41, 5.74) is -0.929. The molecule has 1 aromatic rings. The fourth-order valence-corrected chi connectivity index (χ4v) is 5.25. The van der Waals surface area contributed by atoms with Crippen LogP contribution in [0.5, 0.6) is 0 Å². The smallest absolute Gasteiger partial charge is 0.250 e. The first-order valence-corrected chi connectivity index (χ1v) is 10.4. The molecule has 2 N–H and O–H groups in total. The van der Waals surface area contributed by atoms with Gasteiger partial charge in [0.1, 0.15) is 4.21 Å². The second kappa shape index (κ2) is 9.29. The SMILES string of the molecule is CC(=O)Cl.CC(=O)N1CCC(CO)(NS(=O)(=O)c2ccc(Cl)s2)CC1. The Morgan fingerprint density at radius 2 is 1.84 bits per heavy atom. The number of sulfonamides is 1. The van der Waals surface area contributed by atoms with Crippen LogP contribution in [0.2, 0.25) is 4.34 Å². The van der Waals surface area contributed by atoms with Crippen LogP contribution in [0.3, 0.4) is 0 Å². The average molecular weight is 431 g/mol. The van der Waals surface area contributed by atoms with Gasteiger partial charge >= 0.3 is 0 Å². The summed E-state index contributed by atoms with van der Waals surface area (Å²) >= 11 is 11.4. The lowest BCUT2D eigenvalue weighted by molar-refractivity contribution is -0.130. The number of hydrogen-bond acceptors (Lipinski definition) is 6. The number of carbonyl (C=O) groups is 2. The van der Waals surface area contributed by atoms with Crippen LogP contribution in [0.1, 0.15) is 26.7 Å². The minimum Gasteiger partial charge on any atom is -0.394 e. The quantitative estimate of drug-likeness (QED) is 0.708. The Labute approximate surface area is 161 Å². The molecule has 1 aliphatic heterocycles. The molecule has 1 amide bonds. The molecule has 0 spiro atoms. The zero-order valence-corrected chi connectivity index (χ0v) is 16.9. The Morgan fingerprint density at radius 3 is 2.20 bits per heavy atom. The molecule has 2 heterocycles. The van der Waals surface area contributed by atoms with Crippen molar-refractivity contribution in [3.05, 3.63) is 16.5 Å². The fourth-order valence-electron chi connectivity index (χ4n) is 2.32. The maximum atomic E-state index is 12.3. The highest BCUT2D eigenvalue weighted by Gasteiger charge is 2.39. The van der Waals surface area contributed by atoms with E-state index in [0.717, 1.165) is 11.3 Å². The monoisotopic (exact) mass is 430 g/mol. The minimum atomic E-state index is -3.73. The number of piperidine rings is 1. The van der Waals surface area contributed by atoms with E-state index in [-0.39, 0.29) is 22.0 Å². The van der Waals surface area contributed by atoms with Gasteiger partial charge in [-0.3, -0.25) is 9.59 Å². The van der Waals surface area contributed by atoms with E-state index >= 15 is 0 Å². The molecule has 0 unspecified atom stereocenters. The standard InChI is InChI=1S/C12H17ClN2O4S2.C2H3ClO/c1-9(17)15-6-4-12(8-16,5-7-15)14-21(18,19)11-3-2-10(13)20-11;1-2(3)4/h2-3,14,16H,4-8H2,1H3;1H3. The van der Waals surface area contributed by atoms with Gasteiger partial charge in [-0.1, -0.05) is 11.6 Å². The van der Waals surface area contributed by atoms with Crippen LogP contribution in [0.25, 0.3) is 0 Å². The van der Waals surface area contributed by atoms with Crippen LogP contribution >= 0.6 is 34.5 Å². The molecule has 1 aromatic heterocycles. The first-order valence-electron chi connectivity index (χ1n) is 7.33. The fraction of sp³-hybridized carbons (Fsp3) is 0.571. The largest absolute Gasteiger partial charge is 0.394 e. The highest BCUT2D eigenvalue weighted by atomic mass is 35.5. The number of amides is 1. The number of aliphatic hydroxyl groups is 1. The summed E-state index contributed by atoms with van der Waals surface area (Å²) in [6, 6.07) is 2.95. The third-order valence-electron chi connectivity index (χ3n) is 3.63. The van der Waals surface area contributed by atoms with Crippen LogP contribution in [0.4, 0.5) is 0 Å². The van der Waals surface area contributed by atoms with Crippen molar-refractivity contribution in [1.29, 1.82) is 0 Å². The van der Waals surface area contributed by atoms with Crippen LogP contribution in [-0.4, -0.2) is 54.8 Å². The van der Waals surface area contributed by atoms with Crippen molar-refractivity contribution in [3.8, 4) is 0 Å². The molecule has 2 rings (SSSR count). The molecule has 0 aliphatic carbocycles. The Hall–Kier alpha value is -0.710. The van der Waals surface area contributed by atoms with E-state index < -0.39 is 15.6 Å². The van der Waals surface area contributed by atoms with Crippen molar-refractivity contribution in [2.24, 2.45) is 0 Å². The van der Waals surface area contributed by atoms with Crippen LogP contribution in [0.15, 0.2) is 16.3 Å². The van der Waals surface area contributed by atoms with Gasteiger partial charge in [-0.15, -0.1) is 11.3 Å². The molecule has 0 radical (unpaired) electrons. The Bertz CT molecular complexity index is 709. The number of hydrogen-bond donors (Lipinski definition) is 2. The van der Waals surface area contributed by atoms with Crippen molar-refractivity contribution in [1.82, 2.24) is 9.62 Å². The van der Waals surface area contributed by atoms with Gasteiger partial charge in [-0.05, 0) is 36.6 Å². The Morgan fingerprint density at radius 1 is 1.32 bits per heavy atom. The molecule has 7 nitrogen and oxygen atoms in total. The molecule has 11 heteroatoms. The molecule has 0 saturated carbocycles. The number of aliphatic hydroxyl groups excluding tert-OH is 1. The topological polar surface area (TPSA) is 104 Å². The second-order valence-electron chi connectivity index (χ2n) is 5.58. The Balaban J connectivity index is 0.000000705. The van der Waals surface area contributed by atoms with Crippen LogP contribution < -0.4 is 4.72 Å². The summed E-state index contributed by atoms with van der Waals surface area (Å²) in [6.45, 7) is 3.30. The van der Waals surface area contributed by atoms with Crippen LogP contribution in [-0.2, 0) is 19.6 Å². The normalized spacial score (nSPS) is 16.8. The second-order valence-corrected chi connectivity index (χ2v) is 9.74. The van der Waals surface area contributed by atoms with Gasteiger partial charge in [-0.25, -0.2) is 13.1 Å². The first-order chi connectivity index (χ1) is 11.5. The zero-order chi connectivity index (χ0) is 19.3. The van der Waals surface area contributed by atoms with Gasteiger partial charge in [-0.2, -0.15) is 0 Å². The first kappa shape index (κ1) is 22.3. The lowest BCUT2D eigenvalue weighted by Gasteiger charge is -2.40. The van der Waals surface area contributed by atoms with Crippen molar-refractivity contribution >= 4 is 55.7 Å². The molecule has 1 saturated heterocycles. The number of rotatable bonds is 4. The van der Waals surface area contributed by atoms with Crippen LogP contribution in [0, 0.1) is 0 Å². The highest BCUT2D eigenvalue weighted by Crippen LogP contribution is 2.29. The predicted molar refractivity (Wildman–Crippen MR) is 97.5 cm³/mol. The van der Waals surface area contributed by atoms with Gasteiger partial charge in [0.05, 0.1) is 16.5 Å². The minimum absolute atomic E-state index is 0.0468. The number of likely N-dealkylation sites (tertiary alicyclic amines) is 1. The Kier molecular flexibility index (Phi) is 8.30. The van der Waals surface area contributed by atoms with Crippen molar-refractivity contribution in [3.63, 3.8) is 0 Å². The number of nitrogens with zero attached hydrogens (tertiary/aromatic N) is 1. The molecule has 25 heavy (non-hydrogen) atoms. The van der Waals surface area contributed by atoms with E-state index in [9.17, 15) is 23.1 Å². The molecular weight excluding hydrogens is 411 g/mol. The molecule has 0 atom stereocenters. The zero-order valence-electron chi connectivity index (χ0n) is 13.8. The molecule has 0 bridgehead atoms. The van der Waals surface area contributed by atoms with Gasteiger partial charge in [0.2, 0.25) is 11.1 Å². The maximum absolute atomic E-state index is 12.3. The summed E-state index contributed by atoms with van der Waals surface area (Å²) in [5, 5.41) is 9.27. The van der Waals surface area contributed by atoms with Gasteiger partial charge < -0.3 is 10.0 Å². The van der Waals surface area contributed by atoms with E-state index in [0.29, 0.717) is 30.3 Å². The van der Waals surface area contributed by atoms with E-state index in [4.69, 9.17) is 11.6 Å². The van der Waals surface area contributed by atoms with Gasteiger partial charge in [0, 0.05) is 26.9 Å². The molecule has 1 aliphatic rings. The summed E-state index contributed by atoms with van der Waals surface area (Å²) in [7, 11) is -3.73. The molecule has 142 valence electrons. The highest BCUT2D eigenvalue weighted by molar-refractivity contribution is 7.91. The molecular formula is C14H20Cl2N2O5S2. The summed E-state index contributed by atoms with van der Waals surface area (Å²) < 4.78 is 27.8. The molecule has 0 aromatic carbocycles. The summed E-state index contributed by atoms with van der Waals surface area (Å²) in [4.78, 5) is 22.2. The van der Waals surface area contributed by atoms with E-state index in [1.54, 1.807) is 4.90 Å². The molecule has 1 fully saturated rings. The van der Waals surface area contributed by atoms with E-state index in [1.165, 1.54) is 26.0 Å². The predicted octanol–water partition coefficient (Wildman–Crippen LogP) is 1.82. The number of thiophene rings is 1. The van der Waals surface area contributed by atoms with E-state index in [2.05, 4.69) is 16.3 Å². The summed E-state index contributed by atoms with van der Waals surface area (Å²) in [5.74, 6) is -0.0468. The van der Waals surface area contributed by atoms with Crippen molar-refractivity contribution in [2.45, 2.75) is 36.4 Å². The van der Waals surface area contributed by atoms with E-state index in [1.807, 2.05) is 0 Å². The third kappa shape index (κ3) is 6.84. The van der Waals surface area contributed by atoms with Gasteiger partial charge in [0.25, 0.3) is 10.0 Å². The average Bonchev–Trinajstić information content (AvgIpc) is 2.94. The summed E-state index contributed by atoms with van der Waals surface area (Å²) in [6.07, 6.45) is 0.753. The third-order valence-corrected chi connectivity index (χ3v) is 6.93. The number of nitrogens with one attached hydrogen (secondary N) is 1. The lowest BCUT2D eigenvalue weighted by Crippen LogP contribution is -2.57.